The molecule has 17 heavy (non-hydrogen) atoms. The van der Waals surface area contributed by atoms with Crippen molar-refractivity contribution in [3.63, 3.8) is 0 Å². The highest BCUT2D eigenvalue weighted by Crippen LogP contribution is 2.23. The Morgan fingerprint density at radius 1 is 1.35 bits per heavy atom. The zero-order chi connectivity index (χ0) is 12.4. The molecule has 0 fully saturated rings. The second-order valence-electron chi connectivity index (χ2n) is 2.94. The van der Waals surface area contributed by atoms with Gasteiger partial charge in [-0.15, -0.1) is 10.2 Å². The summed E-state index contributed by atoms with van der Waals surface area (Å²) in [7, 11) is 0. The lowest BCUT2D eigenvalue weighted by molar-refractivity contribution is 0.102. The van der Waals surface area contributed by atoms with Gasteiger partial charge in [-0.05, 0) is 52.4 Å². The Balaban J connectivity index is 2.18. The first-order chi connectivity index (χ1) is 8.06. The first kappa shape index (κ1) is 13.0. The number of benzene rings is 1. The summed E-state index contributed by atoms with van der Waals surface area (Å²) in [6.07, 6.45) is 0. The van der Waals surface area contributed by atoms with Gasteiger partial charge in [-0.1, -0.05) is 22.9 Å². The van der Waals surface area contributed by atoms with E-state index >= 15 is 0 Å². The van der Waals surface area contributed by atoms with E-state index in [-0.39, 0.29) is 15.4 Å². The maximum atomic E-state index is 11.8. The number of carbonyl (C=O) groups is 1. The number of hydrogen-bond donors (Lipinski definition) is 1. The van der Waals surface area contributed by atoms with Crippen molar-refractivity contribution in [2.75, 3.05) is 5.32 Å². The van der Waals surface area contributed by atoms with Gasteiger partial charge in [-0.3, -0.25) is 4.79 Å². The minimum atomic E-state index is -0.338. The van der Waals surface area contributed by atoms with E-state index < -0.39 is 0 Å². The van der Waals surface area contributed by atoms with Gasteiger partial charge in [0.25, 0.3) is 5.91 Å². The van der Waals surface area contributed by atoms with Crippen LogP contribution in [0.25, 0.3) is 0 Å². The molecule has 1 aromatic carbocycles. The second-order valence-corrected chi connectivity index (χ2v) is 6.10. The van der Waals surface area contributed by atoms with Gasteiger partial charge in [0.2, 0.25) is 9.47 Å². The largest absolute Gasteiger partial charge is 0.319 e. The topological polar surface area (TPSA) is 54.9 Å². The van der Waals surface area contributed by atoms with Crippen molar-refractivity contribution < 1.29 is 4.79 Å². The van der Waals surface area contributed by atoms with Crippen LogP contribution in [0.3, 0.4) is 0 Å². The predicted molar refractivity (Wildman–Crippen MR) is 77.0 cm³/mol. The molecular weight excluding hydrogens is 396 g/mol. The van der Waals surface area contributed by atoms with E-state index in [2.05, 4.69) is 38.1 Å². The molecule has 1 aromatic heterocycles. The Morgan fingerprint density at radius 3 is 2.71 bits per heavy atom. The number of aromatic nitrogens is 2. The average Bonchev–Trinajstić information content (AvgIpc) is 2.69. The van der Waals surface area contributed by atoms with Gasteiger partial charge in [0, 0.05) is 8.59 Å². The van der Waals surface area contributed by atoms with Crippen LogP contribution in [0.5, 0.6) is 0 Å². The summed E-state index contributed by atoms with van der Waals surface area (Å²) in [6.45, 7) is 0. The zero-order valence-electron chi connectivity index (χ0n) is 8.08. The number of carbonyl (C=O) groups excluding carboxylic acids is 1. The fourth-order valence-electron chi connectivity index (χ4n) is 1.06. The molecule has 0 aliphatic rings. The van der Waals surface area contributed by atoms with Crippen LogP contribution >= 0.6 is 57.1 Å². The standard InChI is InChI=1S/C9H4Cl2IN3OS/c10-4-1-2-6(5(12)3-4)13-7(16)8-14-15-9(11)17-8/h1-3H,(H,13,16). The van der Waals surface area contributed by atoms with Crippen molar-refractivity contribution in [1.82, 2.24) is 10.2 Å². The first-order valence-corrected chi connectivity index (χ1v) is 6.97. The number of nitrogens with one attached hydrogen (secondary N) is 1. The summed E-state index contributed by atoms with van der Waals surface area (Å²) < 4.78 is 1.08. The van der Waals surface area contributed by atoms with E-state index in [4.69, 9.17) is 23.2 Å². The number of anilines is 1. The molecule has 0 aliphatic heterocycles. The molecule has 2 rings (SSSR count). The van der Waals surface area contributed by atoms with Crippen LogP contribution in [0, 0.1) is 3.57 Å². The Kier molecular flexibility index (Phi) is 4.18. The third-order valence-electron chi connectivity index (χ3n) is 1.77. The van der Waals surface area contributed by atoms with Crippen LogP contribution in [0.15, 0.2) is 18.2 Å². The minimum absolute atomic E-state index is 0.223. The number of hydrogen-bond acceptors (Lipinski definition) is 4. The highest BCUT2D eigenvalue weighted by molar-refractivity contribution is 14.1. The number of amides is 1. The Bertz CT molecular complexity index is 575. The smallest absolute Gasteiger partial charge is 0.286 e. The van der Waals surface area contributed by atoms with Crippen LogP contribution in [0.1, 0.15) is 9.80 Å². The quantitative estimate of drug-likeness (QED) is 0.783. The van der Waals surface area contributed by atoms with E-state index in [9.17, 15) is 4.79 Å². The first-order valence-electron chi connectivity index (χ1n) is 4.31. The third kappa shape index (κ3) is 3.27. The number of nitrogens with zero attached hydrogens (tertiary/aromatic N) is 2. The summed E-state index contributed by atoms with van der Waals surface area (Å²) in [5.41, 5.74) is 0.673. The van der Waals surface area contributed by atoms with E-state index in [1.165, 1.54) is 0 Å². The predicted octanol–water partition coefficient (Wildman–Crippen LogP) is 3.70. The molecule has 1 amide bonds. The van der Waals surface area contributed by atoms with Crippen molar-refractivity contribution >= 4 is 68.7 Å². The molecule has 1 N–H and O–H groups in total. The Hall–Kier alpha value is -0.440. The maximum Gasteiger partial charge on any atom is 0.286 e. The van der Waals surface area contributed by atoms with Crippen molar-refractivity contribution in [2.24, 2.45) is 0 Å². The van der Waals surface area contributed by atoms with Crippen molar-refractivity contribution in [3.05, 3.63) is 36.3 Å². The second kappa shape index (κ2) is 5.47. The third-order valence-corrected chi connectivity index (χ3v) is 3.92. The highest BCUT2D eigenvalue weighted by Gasteiger charge is 2.13. The van der Waals surface area contributed by atoms with Crippen molar-refractivity contribution in [2.45, 2.75) is 0 Å². The fourth-order valence-corrected chi connectivity index (χ4v) is 2.79. The molecule has 4 nitrogen and oxygen atoms in total. The molecule has 0 saturated heterocycles. The van der Waals surface area contributed by atoms with Crippen LogP contribution in [-0.2, 0) is 0 Å². The van der Waals surface area contributed by atoms with Gasteiger partial charge < -0.3 is 5.32 Å². The molecular formula is C9H4Cl2IN3OS. The van der Waals surface area contributed by atoms with E-state index in [0.29, 0.717) is 10.7 Å². The monoisotopic (exact) mass is 399 g/mol. The normalized spacial score (nSPS) is 10.3. The molecule has 0 bridgehead atoms. The van der Waals surface area contributed by atoms with Crippen molar-refractivity contribution in [3.8, 4) is 0 Å². The summed E-state index contributed by atoms with van der Waals surface area (Å²) >= 11 is 14.5. The summed E-state index contributed by atoms with van der Waals surface area (Å²) in [5.74, 6) is -0.338. The molecule has 8 heteroatoms. The Labute approximate surface area is 124 Å². The highest BCUT2D eigenvalue weighted by atomic mass is 127. The Morgan fingerprint density at radius 2 is 2.12 bits per heavy atom. The molecule has 0 spiro atoms. The van der Waals surface area contributed by atoms with Gasteiger partial charge in [-0.25, -0.2) is 0 Å². The van der Waals surface area contributed by atoms with Gasteiger partial charge in [0.15, 0.2) is 0 Å². The zero-order valence-corrected chi connectivity index (χ0v) is 12.6. The molecule has 0 saturated carbocycles. The summed E-state index contributed by atoms with van der Waals surface area (Å²) in [5, 5.41) is 10.8. The van der Waals surface area contributed by atoms with E-state index in [1.54, 1.807) is 18.2 Å². The lowest BCUT2D eigenvalue weighted by atomic mass is 10.3. The molecule has 2 aromatic rings. The number of halogens is 3. The van der Waals surface area contributed by atoms with Gasteiger partial charge in [0.1, 0.15) is 0 Å². The molecule has 1 heterocycles. The number of rotatable bonds is 2. The maximum absolute atomic E-state index is 11.8. The van der Waals surface area contributed by atoms with E-state index in [1.807, 2.05) is 0 Å². The fraction of sp³-hybridized carbons (Fsp3) is 0. The SMILES string of the molecule is O=C(Nc1ccc(Cl)cc1I)c1nnc(Cl)s1. The molecule has 0 aliphatic carbocycles. The molecule has 0 radical (unpaired) electrons. The van der Waals surface area contributed by atoms with Gasteiger partial charge in [0.05, 0.1) is 5.69 Å². The van der Waals surface area contributed by atoms with Crippen LogP contribution in [0.4, 0.5) is 5.69 Å². The lowest BCUT2D eigenvalue weighted by Gasteiger charge is -2.05. The molecule has 0 unspecified atom stereocenters. The summed E-state index contributed by atoms with van der Waals surface area (Å²) in [4.78, 5) is 11.8. The van der Waals surface area contributed by atoms with Gasteiger partial charge >= 0.3 is 0 Å². The summed E-state index contributed by atoms with van der Waals surface area (Å²) in [6, 6.07) is 5.18. The van der Waals surface area contributed by atoms with Crippen LogP contribution in [-0.4, -0.2) is 16.1 Å². The van der Waals surface area contributed by atoms with Gasteiger partial charge in [-0.2, -0.15) is 0 Å². The van der Waals surface area contributed by atoms with Crippen molar-refractivity contribution in [1.29, 1.82) is 0 Å². The van der Waals surface area contributed by atoms with E-state index in [0.717, 1.165) is 14.9 Å². The average molecular weight is 400 g/mol. The lowest BCUT2D eigenvalue weighted by Crippen LogP contribution is -2.12. The van der Waals surface area contributed by atoms with Crippen LogP contribution in [0.2, 0.25) is 9.49 Å². The molecule has 88 valence electrons. The molecule has 0 atom stereocenters. The minimum Gasteiger partial charge on any atom is -0.319 e. The van der Waals surface area contributed by atoms with Crippen LogP contribution < -0.4 is 5.32 Å².